The predicted octanol–water partition coefficient (Wildman–Crippen LogP) is 4.13. The van der Waals surface area contributed by atoms with E-state index in [4.69, 9.17) is 16.3 Å². The van der Waals surface area contributed by atoms with E-state index in [-0.39, 0.29) is 22.8 Å². The van der Waals surface area contributed by atoms with E-state index in [1.807, 2.05) is 0 Å². The fourth-order valence-corrected chi connectivity index (χ4v) is 4.52. The van der Waals surface area contributed by atoms with Crippen LogP contribution in [0.5, 0.6) is 0 Å². The Morgan fingerprint density at radius 1 is 1.06 bits per heavy atom. The summed E-state index contributed by atoms with van der Waals surface area (Å²) in [6.45, 7) is 3.40. The molecular weight excluding hydrogens is 466 g/mol. The molecule has 0 saturated carbocycles. The van der Waals surface area contributed by atoms with Crippen LogP contribution in [0.4, 0.5) is 11.5 Å². The van der Waals surface area contributed by atoms with Crippen molar-refractivity contribution in [1.82, 2.24) is 4.98 Å². The molecule has 3 aromatic rings. The first kappa shape index (κ1) is 24.2. The van der Waals surface area contributed by atoms with E-state index in [0.29, 0.717) is 10.7 Å². The number of esters is 1. The molecular formula is C23H22ClN3O5S. The molecule has 1 heterocycles. The summed E-state index contributed by atoms with van der Waals surface area (Å²) in [7, 11) is -3.82. The van der Waals surface area contributed by atoms with Crippen molar-refractivity contribution in [3.05, 3.63) is 83.5 Å². The molecule has 0 saturated heterocycles. The Bertz CT molecular complexity index is 1220. The molecule has 2 aromatic carbocycles. The van der Waals surface area contributed by atoms with Crippen LogP contribution in [0.2, 0.25) is 5.02 Å². The highest BCUT2D eigenvalue weighted by Crippen LogP contribution is 2.23. The number of nitrogens with one attached hydrogen (secondary N) is 1. The second-order valence-corrected chi connectivity index (χ2v) is 9.23. The first-order chi connectivity index (χ1) is 15.7. The Balaban J connectivity index is 1.68. The lowest BCUT2D eigenvalue weighted by molar-refractivity contribution is -0.123. The smallest absolute Gasteiger partial charge is 0.338 e. The molecule has 0 radical (unpaired) electrons. The highest BCUT2D eigenvalue weighted by Gasteiger charge is 2.24. The summed E-state index contributed by atoms with van der Waals surface area (Å²) in [5.41, 5.74) is 0.652. The van der Waals surface area contributed by atoms with Gasteiger partial charge in [0.25, 0.3) is 15.9 Å². The van der Waals surface area contributed by atoms with Gasteiger partial charge in [-0.15, -0.1) is 0 Å². The zero-order valence-electron chi connectivity index (χ0n) is 17.9. The number of carbonyl (C=O) groups is 2. The van der Waals surface area contributed by atoms with Gasteiger partial charge in [0, 0.05) is 12.7 Å². The van der Waals surface area contributed by atoms with Crippen molar-refractivity contribution in [1.29, 1.82) is 0 Å². The lowest BCUT2D eigenvalue weighted by Crippen LogP contribution is -2.31. The molecule has 3 rings (SSSR count). The van der Waals surface area contributed by atoms with E-state index < -0.39 is 28.0 Å². The second kappa shape index (κ2) is 10.5. The number of benzene rings is 2. The molecule has 0 fully saturated rings. The third-order valence-corrected chi connectivity index (χ3v) is 6.78. The molecule has 1 aromatic heterocycles. The Morgan fingerprint density at radius 3 is 2.30 bits per heavy atom. The number of hydrogen-bond acceptors (Lipinski definition) is 6. The number of carbonyl (C=O) groups excluding carboxylic acids is 2. The molecule has 10 heteroatoms. The summed E-state index contributed by atoms with van der Waals surface area (Å²) in [5.74, 6) is -1.07. The maximum atomic E-state index is 13.0. The van der Waals surface area contributed by atoms with E-state index in [1.165, 1.54) is 47.8 Å². The number of halogens is 1. The van der Waals surface area contributed by atoms with Gasteiger partial charge in [-0.05, 0) is 62.4 Å². The number of amides is 1. The fourth-order valence-electron chi connectivity index (χ4n) is 2.94. The molecule has 0 spiro atoms. The molecule has 8 nitrogen and oxygen atoms in total. The van der Waals surface area contributed by atoms with E-state index >= 15 is 0 Å². The van der Waals surface area contributed by atoms with Gasteiger partial charge < -0.3 is 10.1 Å². The minimum atomic E-state index is -3.82. The quantitative estimate of drug-likeness (QED) is 0.479. The first-order valence-corrected chi connectivity index (χ1v) is 11.9. The van der Waals surface area contributed by atoms with Crippen LogP contribution < -0.4 is 9.62 Å². The summed E-state index contributed by atoms with van der Waals surface area (Å²) < 4.78 is 32.6. The van der Waals surface area contributed by atoms with Crippen molar-refractivity contribution in [3.8, 4) is 0 Å². The number of nitrogens with zero attached hydrogens (tertiary/aromatic N) is 2. The average Bonchev–Trinajstić information content (AvgIpc) is 2.81. The molecule has 0 aliphatic carbocycles. The van der Waals surface area contributed by atoms with Gasteiger partial charge in [0.05, 0.1) is 21.2 Å². The van der Waals surface area contributed by atoms with E-state index in [0.717, 1.165) is 0 Å². The number of pyridine rings is 1. The number of rotatable bonds is 8. The number of anilines is 2. The first-order valence-electron chi connectivity index (χ1n) is 10.0. The van der Waals surface area contributed by atoms with E-state index in [9.17, 15) is 18.0 Å². The summed E-state index contributed by atoms with van der Waals surface area (Å²) in [4.78, 5) is 28.7. The SMILES string of the molecule is CCN(c1ccccc1)S(=O)(=O)c1ccc(C(=O)OC(C)C(=O)Nc2ccc(Cl)cn2)cc1. The summed E-state index contributed by atoms with van der Waals surface area (Å²) in [5, 5.41) is 2.94. The minimum absolute atomic E-state index is 0.0318. The number of aromatic nitrogens is 1. The molecule has 1 unspecified atom stereocenters. The Labute approximate surface area is 197 Å². The molecule has 0 aliphatic rings. The van der Waals surface area contributed by atoms with Crippen LogP contribution in [0.15, 0.2) is 77.8 Å². The molecule has 1 amide bonds. The molecule has 33 heavy (non-hydrogen) atoms. The highest BCUT2D eigenvalue weighted by atomic mass is 35.5. The summed E-state index contributed by atoms with van der Waals surface area (Å²) in [6.07, 6.45) is 0.271. The van der Waals surface area contributed by atoms with Gasteiger partial charge in [0.1, 0.15) is 5.82 Å². The average molecular weight is 488 g/mol. The maximum absolute atomic E-state index is 13.0. The van der Waals surface area contributed by atoms with Gasteiger partial charge in [0.15, 0.2) is 6.10 Å². The fraction of sp³-hybridized carbons (Fsp3) is 0.174. The summed E-state index contributed by atoms with van der Waals surface area (Å²) >= 11 is 5.76. The minimum Gasteiger partial charge on any atom is -0.449 e. The van der Waals surface area contributed by atoms with Crippen LogP contribution in [-0.4, -0.2) is 37.9 Å². The number of para-hydroxylation sites is 1. The van der Waals surface area contributed by atoms with Crippen LogP contribution in [0, 0.1) is 0 Å². The summed E-state index contributed by atoms with van der Waals surface area (Å²) in [6, 6.07) is 17.2. The van der Waals surface area contributed by atoms with Crippen molar-refractivity contribution in [2.45, 2.75) is 24.8 Å². The normalized spacial score (nSPS) is 12.0. The molecule has 1 N–H and O–H groups in total. The van der Waals surface area contributed by atoms with Gasteiger partial charge in [0.2, 0.25) is 0 Å². The molecule has 172 valence electrons. The third-order valence-electron chi connectivity index (χ3n) is 4.64. The van der Waals surface area contributed by atoms with Crippen LogP contribution in [0.1, 0.15) is 24.2 Å². The molecule has 1 atom stereocenters. The van der Waals surface area contributed by atoms with E-state index in [2.05, 4.69) is 10.3 Å². The number of ether oxygens (including phenoxy) is 1. The third kappa shape index (κ3) is 5.88. The van der Waals surface area contributed by atoms with Crippen LogP contribution in [0.25, 0.3) is 0 Å². The topological polar surface area (TPSA) is 106 Å². The van der Waals surface area contributed by atoms with Gasteiger partial charge in [-0.3, -0.25) is 9.10 Å². The largest absolute Gasteiger partial charge is 0.449 e. The standard InChI is InChI=1S/C23H22ClN3O5S/c1-3-27(19-7-5-4-6-8-19)33(30,31)20-12-9-17(10-13-20)23(29)32-16(2)22(28)26-21-14-11-18(24)15-25-21/h4-16H,3H2,1-2H3,(H,25,26,28). The van der Waals surface area contributed by atoms with Crippen molar-refractivity contribution in [2.24, 2.45) is 0 Å². The van der Waals surface area contributed by atoms with Crippen LogP contribution >= 0.6 is 11.6 Å². The van der Waals surface area contributed by atoms with Crippen molar-refractivity contribution < 1.29 is 22.7 Å². The number of sulfonamides is 1. The van der Waals surface area contributed by atoms with Gasteiger partial charge in [-0.1, -0.05) is 29.8 Å². The van der Waals surface area contributed by atoms with E-state index in [1.54, 1.807) is 43.3 Å². The Hall–Kier alpha value is -3.43. The zero-order chi connectivity index (χ0) is 24.0. The Morgan fingerprint density at radius 2 is 1.73 bits per heavy atom. The Kier molecular flexibility index (Phi) is 7.67. The monoisotopic (exact) mass is 487 g/mol. The lowest BCUT2D eigenvalue weighted by atomic mass is 10.2. The maximum Gasteiger partial charge on any atom is 0.338 e. The van der Waals surface area contributed by atoms with Gasteiger partial charge in [-0.2, -0.15) is 0 Å². The van der Waals surface area contributed by atoms with Gasteiger partial charge >= 0.3 is 5.97 Å². The lowest BCUT2D eigenvalue weighted by Gasteiger charge is -2.23. The molecule has 0 aliphatic heterocycles. The second-order valence-electron chi connectivity index (χ2n) is 6.93. The van der Waals surface area contributed by atoms with Crippen LogP contribution in [0.3, 0.4) is 0 Å². The highest BCUT2D eigenvalue weighted by molar-refractivity contribution is 7.92. The van der Waals surface area contributed by atoms with Gasteiger partial charge in [-0.25, -0.2) is 18.2 Å². The van der Waals surface area contributed by atoms with Crippen LogP contribution in [-0.2, 0) is 19.6 Å². The van der Waals surface area contributed by atoms with Crippen molar-refractivity contribution in [2.75, 3.05) is 16.2 Å². The molecule has 0 bridgehead atoms. The van der Waals surface area contributed by atoms with Crippen molar-refractivity contribution in [3.63, 3.8) is 0 Å². The zero-order valence-corrected chi connectivity index (χ0v) is 19.5. The predicted molar refractivity (Wildman–Crippen MR) is 126 cm³/mol. The number of hydrogen-bond donors (Lipinski definition) is 1. The van der Waals surface area contributed by atoms with Crippen molar-refractivity contribution >= 4 is 45.0 Å².